The molecule has 1 heterocycles. The first-order chi connectivity index (χ1) is 7.11. The summed E-state index contributed by atoms with van der Waals surface area (Å²) in [5.74, 6) is 0. The van der Waals surface area contributed by atoms with Gasteiger partial charge in [0.15, 0.2) is 0 Å². The van der Waals surface area contributed by atoms with E-state index in [4.69, 9.17) is 11.6 Å². The summed E-state index contributed by atoms with van der Waals surface area (Å²) in [6, 6.07) is 3.95. The van der Waals surface area contributed by atoms with Crippen LogP contribution >= 0.6 is 43.5 Å². The van der Waals surface area contributed by atoms with Crippen molar-refractivity contribution in [2.75, 3.05) is 0 Å². The van der Waals surface area contributed by atoms with E-state index in [0.717, 1.165) is 24.4 Å². The van der Waals surface area contributed by atoms with E-state index in [2.05, 4.69) is 56.0 Å². The average Bonchev–Trinajstić information content (AvgIpc) is 2.18. The van der Waals surface area contributed by atoms with Crippen LogP contribution in [-0.4, -0.2) is 37.3 Å². The molecule has 0 spiro atoms. The molecule has 0 aliphatic rings. The van der Waals surface area contributed by atoms with Gasteiger partial charge in [0.05, 0.1) is 0 Å². The zero-order chi connectivity index (χ0) is 11.0. The van der Waals surface area contributed by atoms with Gasteiger partial charge in [-0.25, -0.2) is 0 Å². The molecule has 0 unspecified atom stereocenters. The van der Waals surface area contributed by atoms with E-state index < -0.39 is 0 Å². The van der Waals surface area contributed by atoms with Crippen molar-refractivity contribution >= 4 is 86.3 Å². The molecule has 1 aromatic heterocycles. The monoisotopic (exact) mass is 479 g/mol. The van der Waals surface area contributed by atoms with E-state index in [1.165, 1.54) is 0 Å². The third-order valence-corrected chi connectivity index (χ3v) is 5.67. The van der Waals surface area contributed by atoms with Gasteiger partial charge >= 0.3 is 123 Å². The normalized spacial score (nSPS) is 10.9. The number of halogens is 3. The molecule has 15 heavy (non-hydrogen) atoms. The van der Waals surface area contributed by atoms with Crippen molar-refractivity contribution in [1.82, 2.24) is 9.97 Å². The Balaban J connectivity index is 2.89. The Morgan fingerprint density at radius 3 is 2.67 bits per heavy atom. The van der Waals surface area contributed by atoms with Crippen molar-refractivity contribution in [3.8, 4) is 0 Å². The summed E-state index contributed by atoms with van der Waals surface area (Å²) in [4.78, 5) is 8.42. The van der Waals surface area contributed by atoms with Gasteiger partial charge < -0.3 is 0 Å². The van der Waals surface area contributed by atoms with Gasteiger partial charge in [0.1, 0.15) is 0 Å². The molecule has 1 radical (unpaired) electrons. The molecule has 0 aliphatic carbocycles. The minimum atomic E-state index is 0.172. The van der Waals surface area contributed by atoms with Crippen LogP contribution in [0.3, 0.4) is 0 Å². The Hall–Kier alpha value is 0.849. The third kappa shape index (κ3) is 2.58. The Bertz CT molecular complexity index is 536. The molecule has 2 aromatic rings. The Kier molecular flexibility index (Phi) is 4.11. The molecule has 0 bridgehead atoms. The molecule has 0 atom stereocenters. The topological polar surface area (TPSA) is 25.8 Å². The average molecular weight is 479 g/mol. The fourth-order valence-corrected chi connectivity index (χ4v) is 4.92. The number of fused-ring (bicyclic) bond motifs is 1. The molecule has 0 fully saturated rings. The van der Waals surface area contributed by atoms with Crippen LogP contribution in [0.5, 0.6) is 0 Å². The second kappa shape index (κ2) is 5.01. The summed E-state index contributed by atoms with van der Waals surface area (Å²) < 4.78 is 2.89. The maximum atomic E-state index is 5.86. The SMILES string of the molecule is Clc1nc([Se][Se])c2cc(Br)cc(Br)c2n1. The number of benzene rings is 1. The van der Waals surface area contributed by atoms with Crippen molar-refractivity contribution in [2.24, 2.45) is 0 Å². The number of nitrogens with zero attached hydrogens (tertiary/aromatic N) is 2. The molecule has 77 valence electrons. The van der Waals surface area contributed by atoms with Crippen LogP contribution < -0.4 is 4.59 Å². The van der Waals surface area contributed by atoms with E-state index >= 15 is 0 Å². The molecule has 0 amide bonds. The van der Waals surface area contributed by atoms with Crippen LogP contribution in [0.2, 0.25) is 5.28 Å². The van der Waals surface area contributed by atoms with Crippen LogP contribution in [0.15, 0.2) is 21.1 Å². The zero-order valence-corrected chi connectivity index (χ0v) is 14.4. The second-order valence-electron chi connectivity index (χ2n) is 2.66. The van der Waals surface area contributed by atoms with Gasteiger partial charge in [0.25, 0.3) is 0 Å². The first-order valence-electron chi connectivity index (χ1n) is 3.74. The molecule has 0 N–H and O–H groups in total. The second-order valence-corrected chi connectivity index (χ2v) is 7.75. The molecule has 1 aromatic carbocycles. The molecule has 7 heteroatoms. The Labute approximate surface area is 121 Å². The first kappa shape index (κ1) is 12.3. The van der Waals surface area contributed by atoms with Gasteiger partial charge in [0, 0.05) is 0 Å². The van der Waals surface area contributed by atoms with E-state index in [-0.39, 0.29) is 18.4 Å². The minimum absolute atomic E-state index is 0.172. The molecule has 2 nitrogen and oxygen atoms in total. The van der Waals surface area contributed by atoms with Crippen LogP contribution in [-0.2, 0) is 0 Å². The Morgan fingerprint density at radius 1 is 1.27 bits per heavy atom. The summed E-state index contributed by atoms with van der Waals surface area (Å²) in [7, 11) is 0. The quantitative estimate of drug-likeness (QED) is 0.464. The molecule has 0 saturated heterocycles. The van der Waals surface area contributed by atoms with Crippen LogP contribution in [0.1, 0.15) is 0 Å². The van der Waals surface area contributed by atoms with E-state index in [9.17, 15) is 0 Å². The first-order valence-corrected chi connectivity index (χ1v) is 10.9. The van der Waals surface area contributed by atoms with Crippen LogP contribution in [0.4, 0.5) is 0 Å². The van der Waals surface area contributed by atoms with Crippen molar-refractivity contribution < 1.29 is 0 Å². The van der Waals surface area contributed by atoms with Gasteiger partial charge in [0.2, 0.25) is 0 Å². The van der Waals surface area contributed by atoms with E-state index in [0.29, 0.717) is 0 Å². The summed E-state index contributed by atoms with van der Waals surface area (Å²) in [6.07, 6.45) is 0. The van der Waals surface area contributed by atoms with Gasteiger partial charge in [-0.3, -0.25) is 0 Å². The van der Waals surface area contributed by atoms with Gasteiger partial charge in [-0.15, -0.1) is 0 Å². The molecule has 0 saturated carbocycles. The molecular weight excluding hydrogens is 477 g/mol. The predicted octanol–water partition coefficient (Wildman–Crippen LogP) is 2.22. The standard InChI is InChI=1S/C8H2Br2ClN2Se2/c9-3-1-4-6(5(10)2-3)12-8(11)13-7(4)15-14/h1-2H. The summed E-state index contributed by atoms with van der Waals surface area (Å²) in [6.45, 7) is 0. The fourth-order valence-electron chi connectivity index (χ4n) is 1.17. The fraction of sp³-hybridized carbons (Fsp3) is 0. The van der Waals surface area contributed by atoms with Crippen molar-refractivity contribution in [1.29, 1.82) is 0 Å². The van der Waals surface area contributed by atoms with Crippen molar-refractivity contribution in [2.45, 2.75) is 0 Å². The zero-order valence-electron chi connectivity index (χ0n) is 7.00. The number of hydrogen-bond donors (Lipinski definition) is 0. The summed E-state index contributed by atoms with van der Waals surface area (Å²) in [5, 5.41) is 1.32. The van der Waals surface area contributed by atoms with Crippen molar-refractivity contribution in [3.05, 3.63) is 26.4 Å². The van der Waals surface area contributed by atoms with E-state index in [1.54, 1.807) is 0 Å². The number of hydrogen-bond acceptors (Lipinski definition) is 2. The number of aromatic nitrogens is 2. The van der Waals surface area contributed by atoms with Gasteiger partial charge in [-0.2, -0.15) is 0 Å². The third-order valence-electron chi connectivity index (χ3n) is 1.74. The van der Waals surface area contributed by atoms with Crippen LogP contribution in [0.25, 0.3) is 10.9 Å². The Morgan fingerprint density at radius 2 is 2.00 bits per heavy atom. The van der Waals surface area contributed by atoms with E-state index in [1.807, 2.05) is 12.1 Å². The predicted molar refractivity (Wildman–Crippen MR) is 71.1 cm³/mol. The molecular formula is C8H2Br2ClN2Se2. The molecule has 2 rings (SSSR count). The summed E-state index contributed by atoms with van der Waals surface area (Å²) >= 11 is 15.9. The molecule has 0 aliphatic heterocycles. The van der Waals surface area contributed by atoms with Crippen molar-refractivity contribution in [3.63, 3.8) is 0 Å². The maximum absolute atomic E-state index is 5.86. The van der Waals surface area contributed by atoms with Crippen LogP contribution in [0, 0.1) is 0 Å². The summed E-state index contributed by atoms with van der Waals surface area (Å²) in [5.41, 5.74) is 0.852. The number of rotatable bonds is 1. The van der Waals surface area contributed by atoms with Gasteiger partial charge in [-0.1, -0.05) is 0 Å². The van der Waals surface area contributed by atoms with Gasteiger partial charge in [-0.05, 0) is 0 Å².